The lowest BCUT2D eigenvalue weighted by molar-refractivity contribution is -0.132. The van der Waals surface area contributed by atoms with E-state index in [1.54, 1.807) is 6.92 Å². The topological polar surface area (TPSA) is 37.3 Å². The molecular formula is C15H28O2. The van der Waals surface area contributed by atoms with E-state index in [0.29, 0.717) is 11.5 Å². The van der Waals surface area contributed by atoms with Crippen LogP contribution < -0.4 is 0 Å². The van der Waals surface area contributed by atoms with Crippen LogP contribution in [-0.2, 0) is 4.79 Å². The molecule has 0 aliphatic carbocycles. The van der Waals surface area contributed by atoms with Crippen molar-refractivity contribution in [1.29, 1.82) is 0 Å². The molecule has 0 aromatic carbocycles. The fraction of sp³-hybridized carbons (Fsp3) is 0.800. The Labute approximate surface area is 106 Å². The summed E-state index contributed by atoms with van der Waals surface area (Å²) in [6.45, 7) is 10.6. The van der Waals surface area contributed by atoms with Gasteiger partial charge in [-0.05, 0) is 31.1 Å². The number of unbranched alkanes of at least 4 members (excludes halogenated alkanes) is 2. The molecule has 0 radical (unpaired) electrons. The van der Waals surface area contributed by atoms with E-state index in [1.165, 1.54) is 25.7 Å². The number of hydrogen-bond donors (Lipinski definition) is 1. The van der Waals surface area contributed by atoms with Crippen LogP contribution in [0, 0.1) is 11.3 Å². The molecule has 0 aromatic heterocycles. The van der Waals surface area contributed by atoms with Crippen LogP contribution >= 0.6 is 0 Å². The third-order valence-electron chi connectivity index (χ3n) is 3.43. The zero-order valence-corrected chi connectivity index (χ0v) is 12.0. The van der Waals surface area contributed by atoms with Gasteiger partial charge in [0.1, 0.15) is 0 Å². The minimum Gasteiger partial charge on any atom is -0.478 e. The Morgan fingerprint density at radius 3 is 2.29 bits per heavy atom. The first-order chi connectivity index (χ1) is 7.79. The molecule has 0 spiro atoms. The highest BCUT2D eigenvalue weighted by Gasteiger charge is 2.23. The Morgan fingerprint density at radius 1 is 1.29 bits per heavy atom. The lowest BCUT2D eigenvalue weighted by atomic mass is 9.75. The van der Waals surface area contributed by atoms with Crippen molar-refractivity contribution in [2.24, 2.45) is 11.3 Å². The van der Waals surface area contributed by atoms with Crippen molar-refractivity contribution in [1.82, 2.24) is 0 Å². The fourth-order valence-electron chi connectivity index (χ4n) is 1.95. The predicted octanol–water partition coefficient (Wildman–Crippen LogP) is 4.65. The summed E-state index contributed by atoms with van der Waals surface area (Å²) in [5.74, 6) is -0.227. The summed E-state index contributed by atoms with van der Waals surface area (Å²) in [5, 5.41) is 8.84. The highest BCUT2D eigenvalue weighted by atomic mass is 16.4. The molecule has 0 amide bonds. The lowest BCUT2D eigenvalue weighted by Crippen LogP contribution is -2.20. The molecule has 2 nitrogen and oxygen atoms in total. The molecule has 17 heavy (non-hydrogen) atoms. The molecule has 0 heterocycles. The van der Waals surface area contributed by atoms with E-state index in [4.69, 9.17) is 5.11 Å². The highest BCUT2D eigenvalue weighted by molar-refractivity contribution is 5.85. The van der Waals surface area contributed by atoms with Gasteiger partial charge in [-0.25, -0.2) is 4.79 Å². The van der Waals surface area contributed by atoms with Gasteiger partial charge in [-0.1, -0.05) is 53.0 Å². The second-order valence-electron chi connectivity index (χ2n) is 5.99. The van der Waals surface area contributed by atoms with Gasteiger partial charge in [-0.3, -0.25) is 0 Å². The van der Waals surface area contributed by atoms with Crippen molar-refractivity contribution in [3.8, 4) is 0 Å². The molecule has 1 N–H and O–H groups in total. The van der Waals surface area contributed by atoms with Crippen LogP contribution in [0.4, 0.5) is 0 Å². The molecule has 0 fully saturated rings. The van der Waals surface area contributed by atoms with E-state index < -0.39 is 5.97 Å². The summed E-state index contributed by atoms with van der Waals surface area (Å²) < 4.78 is 0. The Kier molecular flexibility index (Phi) is 7.17. The van der Waals surface area contributed by atoms with E-state index >= 15 is 0 Å². The van der Waals surface area contributed by atoms with Crippen LogP contribution in [0.15, 0.2) is 11.6 Å². The molecule has 0 saturated heterocycles. The van der Waals surface area contributed by atoms with Gasteiger partial charge in [-0.15, -0.1) is 0 Å². The first-order valence-electron chi connectivity index (χ1n) is 6.69. The maximum absolute atomic E-state index is 10.8. The van der Waals surface area contributed by atoms with Crippen molar-refractivity contribution in [3.05, 3.63) is 11.6 Å². The average Bonchev–Trinajstić information content (AvgIpc) is 2.20. The largest absolute Gasteiger partial charge is 0.478 e. The third-order valence-corrected chi connectivity index (χ3v) is 3.43. The zero-order valence-electron chi connectivity index (χ0n) is 12.0. The molecule has 0 saturated carbocycles. The minimum absolute atomic E-state index is 0.253. The number of carboxylic acids is 1. The molecule has 0 aliphatic heterocycles. The minimum atomic E-state index is -0.800. The smallest absolute Gasteiger partial charge is 0.330 e. The van der Waals surface area contributed by atoms with Crippen LogP contribution in [0.5, 0.6) is 0 Å². The van der Waals surface area contributed by atoms with E-state index in [2.05, 4.69) is 27.7 Å². The lowest BCUT2D eigenvalue weighted by Gasteiger charge is -2.30. The summed E-state index contributed by atoms with van der Waals surface area (Å²) >= 11 is 0. The van der Waals surface area contributed by atoms with Gasteiger partial charge in [0.25, 0.3) is 0 Å². The maximum atomic E-state index is 10.8. The van der Waals surface area contributed by atoms with Gasteiger partial charge < -0.3 is 5.11 Å². The van der Waals surface area contributed by atoms with Crippen LogP contribution in [-0.4, -0.2) is 11.1 Å². The summed E-state index contributed by atoms with van der Waals surface area (Å²) in [4.78, 5) is 10.8. The molecule has 0 rings (SSSR count). The quantitative estimate of drug-likeness (QED) is 0.519. The number of aliphatic carboxylic acids is 1. The molecule has 0 bridgehead atoms. The molecular weight excluding hydrogens is 212 g/mol. The molecule has 0 aliphatic rings. The molecule has 2 heteroatoms. The standard InChI is InChI=1S/C15H28O2/c1-6-7-8-9-13(15(3,4)5)11-10-12(2)14(16)17/h10,13H,6-9,11H2,1-5H3,(H,16,17). The average molecular weight is 240 g/mol. The van der Waals surface area contributed by atoms with Gasteiger partial charge in [0, 0.05) is 5.57 Å². The summed E-state index contributed by atoms with van der Waals surface area (Å²) in [6, 6.07) is 0. The number of carboxylic acid groups (broad SMARTS) is 1. The molecule has 1 atom stereocenters. The fourth-order valence-corrected chi connectivity index (χ4v) is 1.95. The van der Waals surface area contributed by atoms with Gasteiger partial charge in [0.15, 0.2) is 0 Å². The number of hydrogen-bond acceptors (Lipinski definition) is 1. The maximum Gasteiger partial charge on any atom is 0.330 e. The molecule has 100 valence electrons. The van der Waals surface area contributed by atoms with Gasteiger partial charge >= 0.3 is 5.97 Å². The van der Waals surface area contributed by atoms with E-state index in [0.717, 1.165) is 6.42 Å². The normalized spacial score (nSPS) is 14.8. The Morgan fingerprint density at radius 2 is 1.88 bits per heavy atom. The van der Waals surface area contributed by atoms with E-state index in [1.807, 2.05) is 6.08 Å². The SMILES string of the molecule is CCCCCC(CC=C(C)C(=O)O)C(C)(C)C. The van der Waals surface area contributed by atoms with Crippen molar-refractivity contribution in [2.45, 2.75) is 66.7 Å². The second-order valence-corrected chi connectivity index (χ2v) is 5.99. The van der Waals surface area contributed by atoms with Crippen molar-refractivity contribution >= 4 is 5.97 Å². The highest BCUT2D eigenvalue weighted by Crippen LogP contribution is 2.33. The zero-order chi connectivity index (χ0) is 13.5. The predicted molar refractivity (Wildman–Crippen MR) is 73.1 cm³/mol. The van der Waals surface area contributed by atoms with Crippen LogP contribution in [0.25, 0.3) is 0 Å². The van der Waals surface area contributed by atoms with E-state index in [-0.39, 0.29) is 5.41 Å². The Balaban J connectivity index is 4.40. The van der Waals surface area contributed by atoms with Crippen LogP contribution in [0.2, 0.25) is 0 Å². The summed E-state index contributed by atoms with van der Waals surface area (Å²) in [6.07, 6.45) is 7.71. The summed E-state index contributed by atoms with van der Waals surface area (Å²) in [5.41, 5.74) is 0.720. The summed E-state index contributed by atoms with van der Waals surface area (Å²) in [7, 11) is 0. The van der Waals surface area contributed by atoms with E-state index in [9.17, 15) is 4.79 Å². The van der Waals surface area contributed by atoms with Gasteiger partial charge in [-0.2, -0.15) is 0 Å². The second kappa shape index (κ2) is 7.52. The van der Waals surface area contributed by atoms with Gasteiger partial charge in [0.2, 0.25) is 0 Å². The van der Waals surface area contributed by atoms with Crippen molar-refractivity contribution < 1.29 is 9.90 Å². The van der Waals surface area contributed by atoms with Crippen LogP contribution in [0.1, 0.15) is 66.7 Å². The molecule has 1 unspecified atom stereocenters. The van der Waals surface area contributed by atoms with Gasteiger partial charge in [0.05, 0.1) is 0 Å². The molecule has 0 aromatic rings. The van der Waals surface area contributed by atoms with Crippen LogP contribution in [0.3, 0.4) is 0 Å². The first-order valence-corrected chi connectivity index (χ1v) is 6.69. The Hall–Kier alpha value is -0.790. The van der Waals surface area contributed by atoms with Crippen molar-refractivity contribution in [2.75, 3.05) is 0 Å². The monoisotopic (exact) mass is 240 g/mol. The Bertz CT molecular complexity index is 259. The number of rotatable bonds is 7. The van der Waals surface area contributed by atoms with Crippen molar-refractivity contribution in [3.63, 3.8) is 0 Å². The third kappa shape index (κ3) is 7.19. The first kappa shape index (κ1) is 16.2. The number of allylic oxidation sites excluding steroid dienone is 1. The number of carbonyl (C=O) groups is 1.